The Labute approximate surface area is 126 Å². The summed E-state index contributed by atoms with van der Waals surface area (Å²) < 4.78 is 6.44. The lowest BCUT2D eigenvalue weighted by atomic mass is 10.2. The number of carbonyl (C=O) groups excluding carboxylic acids is 1. The molecule has 0 aliphatic rings. The quantitative estimate of drug-likeness (QED) is 0.723. The van der Waals surface area contributed by atoms with Crippen LogP contribution in [0.15, 0.2) is 47.3 Å². The van der Waals surface area contributed by atoms with E-state index in [-0.39, 0.29) is 6.61 Å². The first kappa shape index (κ1) is 13.9. The van der Waals surface area contributed by atoms with Crippen LogP contribution in [0.3, 0.4) is 0 Å². The van der Waals surface area contributed by atoms with E-state index in [1.165, 1.54) is 0 Å². The number of aromatic nitrogens is 2. The minimum atomic E-state index is -0.498. The van der Waals surface area contributed by atoms with E-state index in [4.69, 9.17) is 10.5 Å². The molecule has 22 heavy (non-hydrogen) atoms. The second-order valence-corrected chi connectivity index (χ2v) is 4.99. The largest absolute Gasteiger partial charge is 0.484 e. The number of imidazole rings is 1. The number of hydrogen-bond donors (Lipinski definition) is 2. The molecule has 1 heterocycles. The molecule has 3 N–H and O–H groups in total. The van der Waals surface area contributed by atoms with Crippen LogP contribution in [-0.4, -0.2) is 22.1 Å². The maximum Gasteiger partial charge on any atom is 0.333 e. The van der Waals surface area contributed by atoms with Gasteiger partial charge in [0.15, 0.2) is 6.61 Å². The molecule has 0 aliphatic carbocycles. The molecule has 0 atom stereocenters. The van der Waals surface area contributed by atoms with Crippen molar-refractivity contribution in [3.05, 3.63) is 58.5 Å². The highest BCUT2D eigenvalue weighted by Crippen LogP contribution is 2.19. The van der Waals surface area contributed by atoms with Crippen molar-refractivity contribution in [1.29, 1.82) is 0 Å². The highest BCUT2D eigenvalue weighted by Gasteiger charge is 2.15. The van der Waals surface area contributed by atoms with Crippen molar-refractivity contribution in [1.82, 2.24) is 9.55 Å². The van der Waals surface area contributed by atoms with Gasteiger partial charge in [0.1, 0.15) is 5.75 Å². The Kier molecular flexibility index (Phi) is 3.42. The van der Waals surface area contributed by atoms with Crippen LogP contribution in [0.25, 0.3) is 11.0 Å². The lowest BCUT2D eigenvalue weighted by molar-refractivity contribution is 0.0839. The number of nitrogens with zero attached hydrogens (tertiary/aromatic N) is 1. The number of para-hydroxylation sites is 1. The van der Waals surface area contributed by atoms with Gasteiger partial charge >= 0.3 is 5.69 Å². The van der Waals surface area contributed by atoms with Gasteiger partial charge in [-0.1, -0.05) is 18.2 Å². The number of aryl methyl sites for hydroxylation is 1. The van der Waals surface area contributed by atoms with Crippen molar-refractivity contribution in [3.8, 4) is 5.75 Å². The Hall–Kier alpha value is -3.02. The van der Waals surface area contributed by atoms with Crippen LogP contribution in [0, 0.1) is 6.92 Å². The Morgan fingerprint density at radius 3 is 2.73 bits per heavy atom. The third-order valence-corrected chi connectivity index (χ3v) is 3.42. The molecule has 2 aromatic carbocycles. The van der Waals surface area contributed by atoms with Crippen LogP contribution in [-0.2, 0) is 0 Å². The van der Waals surface area contributed by atoms with Crippen molar-refractivity contribution < 1.29 is 9.53 Å². The number of nitrogen functional groups attached to an aromatic ring is 1. The molecule has 0 radical (unpaired) electrons. The monoisotopic (exact) mass is 297 g/mol. The molecule has 0 amide bonds. The Balaban J connectivity index is 1.92. The number of fused-ring (bicyclic) bond motifs is 1. The first-order chi connectivity index (χ1) is 10.6. The number of nitrogens with one attached hydrogen (secondary N) is 1. The van der Waals surface area contributed by atoms with Crippen molar-refractivity contribution in [2.45, 2.75) is 6.92 Å². The topological polar surface area (TPSA) is 90.1 Å². The third-order valence-electron chi connectivity index (χ3n) is 3.42. The standard InChI is InChI=1S/C16H15N3O3/c1-10-7-13-14(8-12(10)17)19(16(21)18-13)15(20)9-22-11-5-3-2-4-6-11/h2-8H,9,17H2,1H3,(H,18,21). The fraction of sp³-hybridized carbons (Fsp3) is 0.125. The summed E-state index contributed by atoms with van der Waals surface area (Å²) in [5, 5.41) is 0. The van der Waals surface area contributed by atoms with Gasteiger partial charge in [-0.2, -0.15) is 0 Å². The first-order valence-corrected chi connectivity index (χ1v) is 6.78. The van der Waals surface area contributed by atoms with Gasteiger partial charge in [0, 0.05) is 5.69 Å². The maximum absolute atomic E-state index is 12.3. The number of anilines is 1. The second kappa shape index (κ2) is 5.40. The maximum atomic E-state index is 12.3. The average molecular weight is 297 g/mol. The number of carbonyl (C=O) groups is 1. The zero-order valence-corrected chi connectivity index (χ0v) is 12.0. The van der Waals surface area contributed by atoms with Crippen LogP contribution in [0.4, 0.5) is 5.69 Å². The summed E-state index contributed by atoms with van der Waals surface area (Å²) in [6.07, 6.45) is 0. The van der Waals surface area contributed by atoms with E-state index >= 15 is 0 Å². The van der Waals surface area contributed by atoms with Crippen molar-refractivity contribution in [3.63, 3.8) is 0 Å². The van der Waals surface area contributed by atoms with E-state index < -0.39 is 11.6 Å². The van der Waals surface area contributed by atoms with Crippen LogP contribution in [0.2, 0.25) is 0 Å². The van der Waals surface area contributed by atoms with Crippen LogP contribution >= 0.6 is 0 Å². The highest BCUT2D eigenvalue weighted by molar-refractivity contribution is 5.92. The van der Waals surface area contributed by atoms with Crippen molar-refractivity contribution in [2.75, 3.05) is 12.3 Å². The predicted molar refractivity (Wildman–Crippen MR) is 84.3 cm³/mol. The summed E-state index contributed by atoms with van der Waals surface area (Å²) >= 11 is 0. The second-order valence-electron chi connectivity index (χ2n) is 4.99. The van der Waals surface area contributed by atoms with Crippen LogP contribution in [0.1, 0.15) is 10.4 Å². The SMILES string of the molecule is Cc1cc2[nH]c(=O)n(C(=O)COc3ccccc3)c2cc1N. The molecule has 3 aromatic rings. The molecule has 0 bridgehead atoms. The zero-order chi connectivity index (χ0) is 15.7. The first-order valence-electron chi connectivity index (χ1n) is 6.78. The summed E-state index contributed by atoms with van der Waals surface area (Å²) in [7, 11) is 0. The van der Waals surface area contributed by atoms with E-state index in [0.717, 1.165) is 10.1 Å². The van der Waals surface area contributed by atoms with Gasteiger partial charge in [-0.3, -0.25) is 4.79 Å². The molecule has 0 fully saturated rings. The van der Waals surface area contributed by atoms with E-state index in [9.17, 15) is 9.59 Å². The van der Waals surface area contributed by atoms with Crippen LogP contribution in [0.5, 0.6) is 5.75 Å². The van der Waals surface area contributed by atoms with Gasteiger partial charge in [0.2, 0.25) is 0 Å². The van der Waals surface area contributed by atoms with Gasteiger partial charge in [0.05, 0.1) is 11.0 Å². The molecule has 0 spiro atoms. The van der Waals surface area contributed by atoms with Crippen LogP contribution < -0.4 is 16.2 Å². The number of nitrogens with two attached hydrogens (primary N) is 1. The predicted octanol–water partition coefficient (Wildman–Crippen LogP) is 1.94. The van der Waals surface area contributed by atoms with E-state index in [0.29, 0.717) is 22.5 Å². The summed E-state index contributed by atoms with van der Waals surface area (Å²) in [5.74, 6) is 0.113. The average Bonchev–Trinajstić information content (AvgIpc) is 2.81. The molecule has 112 valence electrons. The highest BCUT2D eigenvalue weighted by atomic mass is 16.5. The molecule has 0 saturated carbocycles. The zero-order valence-electron chi connectivity index (χ0n) is 12.0. The van der Waals surface area contributed by atoms with E-state index in [1.54, 1.807) is 36.4 Å². The van der Waals surface area contributed by atoms with Crippen molar-refractivity contribution in [2.24, 2.45) is 0 Å². The summed E-state index contributed by atoms with van der Waals surface area (Å²) in [6, 6.07) is 12.3. The fourth-order valence-corrected chi connectivity index (χ4v) is 2.25. The van der Waals surface area contributed by atoms with Gasteiger partial charge < -0.3 is 15.5 Å². The Morgan fingerprint density at radius 2 is 2.00 bits per heavy atom. The normalized spacial score (nSPS) is 10.8. The molecule has 0 aliphatic heterocycles. The summed E-state index contributed by atoms with van der Waals surface area (Å²) in [4.78, 5) is 26.9. The minimum absolute atomic E-state index is 0.231. The van der Waals surface area contributed by atoms with Gasteiger partial charge in [-0.25, -0.2) is 9.36 Å². The third kappa shape index (κ3) is 2.46. The number of aromatic amines is 1. The lowest BCUT2D eigenvalue weighted by Crippen LogP contribution is -2.28. The van der Waals surface area contributed by atoms with E-state index in [1.807, 2.05) is 13.0 Å². The minimum Gasteiger partial charge on any atom is -0.484 e. The van der Waals surface area contributed by atoms with E-state index in [2.05, 4.69) is 4.98 Å². The number of benzene rings is 2. The van der Waals surface area contributed by atoms with Gasteiger partial charge in [0.25, 0.3) is 5.91 Å². The summed E-state index contributed by atoms with van der Waals surface area (Å²) in [6.45, 7) is 1.61. The number of hydrogen-bond acceptors (Lipinski definition) is 4. The molecular weight excluding hydrogens is 282 g/mol. The number of rotatable bonds is 3. The smallest absolute Gasteiger partial charge is 0.333 e. The molecule has 0 unspecified atom stereocenters. The summed E-state index contributed by atoms with van der Waals surface area (Å²) in [5.41, 5.74) is 7.75. The molecular formula is C16H15N3O3. The number of H-pyrrole nitrogens is 1. The van der Waals surface area contributed by atoms with Crippen molar-refractivity contribution >= 4 is 22.6 Å². The molecule has 0 saturated heterocycles. The van der Waals surface area contributed by atoms with Gasteiger partial charge in [-0.15, -0.1) is 0 Å². The molecule has 3 rings (SSSR count). The molecule has 6 nitrogen and oxygen atoms in total. The Morgan fingerprint density at radius 1 is 1.27 bits per heavy atom. The lowest BCUT2D eigenvalue weighted by Gasteiger charge is -2.06. The number of ether oxygens (including phenoxy) is 1. The Bertz CT molecular complexity index is 894. The van der Waals surface area contributed by atoms with Gasteiger partial charge in [-0.05, 0) is 36.8 Å². The fourth-order valence-electron chi connectivity index (χ4n) is 2.25. The molecule has 1 aromatic heterocycles. The molecule has 6 heteroatoms.